The second-order valence-electron chi connectivity index (χ2n) is 7.56. The van der Waals surface area contributed by atoms with Crippen LogP contribution in [-0.4, -0.2) is 36.8 Å². The van der Waals surface area contributed by atoms with Gasteiger partial charge in [0.05, 0.1) is 4.90 Å². The fourth-order valence-corrected chi connectivity index (χ4v) is 5.67. The molecule has 2 heterocycles. The number of carbonyl (C=O) groups is 1. The van der Waals surface area contributed by atoms with Gasteiger partial charge in [-0.05, 0) is 67.0 Å². The number of pyridine rings is 1. The average Bonchev–Trinajstić information content (AvgIpc) is 3.05. The number of fused-ring (bicyclic) bond motifs is 2. The number of piperidine rings is 1. The third-order valence-electron chi connectivity index (χ3n) is 5.50. The van der Waals surface area contributed by atoms with Crippen molar-refractivity contribution < 1.29 is 13.2 Å². The molecule has 2 atom stereocenters. The summed E-state index contributed by atoms with van der Waals surface area (Å²) in [6.07, 6.45) is 6.78. The molecule has 0 spiro atoms. The fourth-order valence-electron chi connectivity index (χ4n) is 4.08. The van der Waals surface area contributed by atoms with Crippen LogP contribution in [0.2, 0.25) is 0 Å². The molecule has 2 fully saturated rings. The van der Waals surface area contributed by atoms with Gasteiger partial charge in [-0.15, -0.1) is 0 Å². The first-order valence-electron chi connectivity index (χ1n) is 9.54. The van der Waals surface area contributed by atoms with E-state index in [1.54, 1.807) is 41.0 Å². The Bertz CT molecular complexity index is 920. The van der Waals surface area contributed by atoms with Crippen molar-refractivity contribution in [3.05, 3.63) is 54.4 Å². The number of nitrogens with zero attached hydrogens (tertiary/aromatic N) is 2. The predicted molar refractivity (Wildman–Crippen MR) is 106 cm³/mol. The molecule has 1 saturated carbocycles. The molecule has 1 aromatic heterocycles. The van der Waals surface area contributed by atoms with Gasteiger partial charge in [-0.3, -0.25) is 4.98 Å². The molecule has 1 saturated heterocycles. The molecule has 8 heteroatoms. The average molecular weight is 401 g/mol. The first-order valence-corrected chi connectivity index (χ1v) is 11.0. The number of aromatic nitrogens is 1. The van der Waals surface area contributed by atoms with E-state index in [0.29, 0.717) is 37.2 Å². The van der Waals surface area contributed by atoms with Crippen LogP contribution in [0.25, 0.3) is 0 Å². The normalized spacial score (nSPS) is 22.0. The van der Waals surface area contributed by atoms with Gasteiger partial charge in [0.1, 0.15) is 0 Å². The maximum atomic E-state index is 12.9. The first-order chi connectivity index (χ1) is 13.5. The Labute approximate surface area is 165 Å². The van der Waals surface area contributed by atoms with E-state index >= 15 is 0 Å². The minimum Gasteiger partial charge on any atom is -0.334 e. The molecule has 7 nitrogen and oxygen atoms in total. The summed E-state index contributed by atoms with van der Waals surface area (Å²) in [4.78, 5) is 16.3. The van der Waals surface area contributed by atoms with Crippen molar-refractivity contribution in [3.63, 3.8) is 0 Å². The second kappa shape index (κ2) is 7.89. The van der Waals surface area contributed by atoms with E-state index in [1.165, 1.54) is 0 Å². The third kappa shape index (κ3) is 4.18. The van der Waals surface area contributed by atoms with Crippen LogP contribution in [0.3, 0.4) is 0 Å². The van der Waals surface area contributed by atoms with Gasteiger partial charge < -0.3 is 10.6 Å². The van der Waals surface area contributed by atoms with Crippen molar-refractivity contribution in [2.24, 2.45) is 11.8 Å². The Morgan fingerprint density at radius 2 is 1.82 bits per heavy atom. The summed E-state index contributed by atoms with van der Waals surface area (Å²) >= 11 is 0. The van der Waals surface area contributed by atoms with Gasteiger partial charge in [-0.2, -0.15) is 4.31 Å². The number of amides is 2. The van der Waals surface area contributed by atoms with Crippen LogP contribution < -0.4 is 10.6 Å². The molecule has 2 amide bonds. The summed E-state index contributed by atoms with van der Waals surface area (Å²) in [5.74, 6) is 0.996. The topological polar surface area (TPSA) is 91.4 Å². The number of sulfonamides is 1. The summed E-state index contributed by atoms with van der Waals surface area (Å²) in [6, 6.07) is 9.68. The van der Waals surface area contributed by atoms with Gasteiger partial charge in [-0.25, -0.2) is 13.2 Å². The van der Waals surface area contributed by atoms with Crippen molar-refractivity contribution >= 4 is 21.7 Å². The molecule has 2 N–H and O–H groups in total. The SMILES string of the molecule is O=C(NCc1cccnc1)Nc1ccc(S(=O)(=O)N2CC3CCC(C3)C2)cc1. The zero-order valence-electron chi connectivity index (χ0n) is 15.5. The van der Waals surface area contributed by atoms with Crippen LogP contribution in [0, 0.1) is 11.8 Å². The van der Waals surface area contributed by atoms with E-state index in [1.807, 2.05) is 12.1 Å². The van der Waals surface area contributed by atoms with Crippen molar-refractivity contribution in [3.8, 4) is 0 Å². The molecule has 28 heavy (non-hydrogen) atoms. The van der Waals surface area contributed by atoms with Crippen LogP contribution in [0.1, 0.15) is 24.8 Å². The molecule has 2 unspecified atom stereocenters. The number of hydrogen-bond acceptors (Lipinski definition) is 4. The number of hydrogen-bond donors (Lipinski definition) is 2. The van der Waals surface area contributed by atoms with E-state index in [4.69, 9.17) is 0 Å². The van der Waals surface area contributed by atoms with Gasteiger partial charge in [0, 0.05) is 37.7 Å². The van der Waals surface area contributed by atoms with E-state index < -0.39 is 10.0 Å². The number of rotatable bonds is 5. The van der Waals surface area contributed by atoms with Crippen molar-refractivity contribution in [1.29, 1.82) is 0 Å². The predicted octanol–water partition coefficient (Wildman–Crippen LogP) is 2.82. The lowest BCUT2D eigenvalue weighted by Gasteiger charge is -2.30. The fraction of sp³-hybridized carbons (Fsp3) is 0.400. The van der Waals surface area contributed by atoms with E-state index in [-0.39, 0.29) is 10.9 Å². The van der Waals surface area contributed by atoms with Crippen LogP contribution in [0.4, 0.5) is 10.5 Å². The molecule has 1 aromatic carbocycles. The highest BCUT2D eigenvalue weighted by atomic mass is 32.2. The maximum absolute atomic E-state index is 12.9. The van der Waals surface area contributed by atoms with Crippen molar-refractivity contribution in [2.45, 2.75) is 30.7 Å². The molecule has 2 aromatic rings. The van der Waals surface area contributed by atoms with Crippen LogP contribution in [-0.2, 0) is 16.6 Å². The number of urea groups is 1. The summed E-state index contributed by atoms with van der Waals surface area (Å²) < 4.78 is 27.5. The Kier molecular flexibility index (Phi) is 5.32. The monoisotopic (exact) mass is 400 g/mol. The van der Waals surface area contributed by atoms with Gasteiger partial charge in [0.25, 0.3) is 0 Å². The quantitative estimate of drug-likeness (QED) is 0.807. The minimum atomic E-state index is -3.48. The summed E-state index contributed by atoms with van der Waals surface area (Å²) in [6.45, 7) is 1.61. The van der Waals surface area contributed by atoms with Crippen molar-refractivity contribution in [1.82, 2.24) is 14.6 Å². The highest BCUT2D eigenvalue weighted by molar-refractivity contribution is 7.89. The summed E-state index contributed by atoms with van der Waals surface area (Å²) in [5, 5.41) is 5.46. The van der Waals surface area contributed by atoms with E-state index in [9.17, 15) is 13.2 Å². The molecule has 4 rings (SSSR count). The number of nitrogens with one attached hydrogen (secondary N) is 2. The largest absolute Gasteiger partial charge is 0.334 e. The van der Waals surface area contributed by atoms with E-state index in [2.05, 4.69) is 15.6 Å². The second-order valence-corrected chi connectivity index (χ2v) is 9.50. The number of carbonyl (C=O) groups excluding carboxylic acids is 1. The van der Waals surface area contributed by atoms with Crippen LogP contribution in [0.15, 0.2) is 53.7 Å². The molecular weight excluding hydrogens is 376 g/mol. The standard InChI is InChI=1S/C20H24N4O3S/c25-20(22-12-17-2-1-9-21-11-17)23-18-5-7-19(8-6-18)28(26,27)24-13-15-3-4-16(10-15)14-24/h1-2,5-9,11,15-16H,3-4,10,12-14H2,(H2,22,23,25). The molecule has 1 aliphatic carbocycles. The number of benzene rings is 1. The zero-order valence-corrected chi connectivity index (χ0v) is 16.4. The number of anilines is 1. The first kappa shape index (κ1) is 18.9. The lowest BCUT2D eigenvalue weighted by Crippen LogP contribution is -2.40. The highest BCUT2D eigenvalue weighted by Gasteiger charge is 2.38. The third-order valence-corrected chi connectivity index (χ3v) is 7.35. The molecule has 2 bridgehead atoms. The summed E-state index contributed by atoms with van der Waals surface area (Å²) in [7, 11) is -3.48. The minimum absolute atomic E-state index is 0.273. The van der Waals surface area contributed by atoms with Gasteiger partial charge in [-0.1, -0.05) is 6.07 Å². The van der Waals surface area contributed by atoms with Crippen LogP contribution in [0.5, 0.6) is 0 Å². The lowest BCUT2D eigenvalue weighted by molar-refractivity contribution is 0.251. The van der Waals surface area contributed by atoms with E-state index in [0.717, 1.165) is 24.8 Å². The van der Waals surface area contributed by atoms with Gasteiger partial charge in [0.2, 0.25) is 10.0 Å². The molecule has 1 aliphatic heterocycles. The molecule has 0 radical (unpaired) electrons. The van der Waals surface area contributed by atoms with Gasteiger partial charge >= 0.3 is 6.03 Å². The Hall–Kier alpha value is -2.45. The smallest absolute Gasteiger partial charge is 0.319 e. The van der Waals surface area contributed by atoms with Crippen molar-refractivity contribution in [2.75, 3.05) is 18.4 Å². The highest BCUT2D eigenvalue weighted by Crippen LogP contribution is 2.38. The Morgan fingerprint density at radius 1 is 1.11 bits per heavy atom. The van der Waals surface area contributed by atoms with Crippen LogP contribution >= 0.6 is 0 Å². The molecule has 2 aliphatic rings. The summed E-state index contributed by atoms with van der Waals surface area (Å²) in [5.41, 5.74) is 1.44. The molecular formula is C20H24N4O3S. The zero-order chi connectivity index (χ0) is 19.6. The molecule has 148 valence electrons. The lowest BCUT2D eigenvalue weighted by atomic mass is 10.0. The Morgan fingerprint density at radius 3 is 2.46 bits per heavy atom. The van der Waals surface area contributed by atoms with Gasteiger partial charge in [0.15, 0.2) is 0 Å². The maximum Gasteiger partial charge on any atom is 0.319 e. The Balaban J connectivity index is 1.36.